The van der Waals surface area contributed by atoms with Crippen molar-refractivity contribution in [2.75, 3.05) is 6.61 Å². The van der Waals surface area contributed by atoms with Crippen LogP contribution in [-0.4, -0.2) is 46.9 Å². The summed E-state index contributed by atoms with van der Waals surface area (Å²) in [4.78, 5) is 22.4. The molecule has 2 N–H and O–H groups in total. The lowest BCUT2D eigenvalue weighted by Gasteiger charge is -2.19. The van der Waals surface area contributed by atoms with Gasteiger partial charge in [0.1, 0.15) is 5.75 Å². The van der Waals surface area contributed by atoms with Crippen molar-refractivity contribution in [1.29, 1.82) is 0 Å². The first-order valence-corrected chi connectivity index (χ1v) is 10.8. The molecule has 1 aliphatic carbocycles. The van der Waals surface area contributed by atoms with Crippen LogP contribution in [0.5, 0.6) is 5.75 Å². The first-order valence-electron chi connectivity index (χ1n) is 10.8. The molecular weight excluding hydrogens is 384 g/mol. The molecule has 2 unspecified atom stereocenters. The molecule has 0 spiro atoms. The summed E-state index contributed by atoms with van der Waals surface area (Å²) in [6.45, 7) is 7.00. The minimum absolute atomic E-state index is 0.0397. The summed E-state index contributed by atoms with van der Waals surface area (Å²) in [5, 5.41) is 18.0. The van der Waals surface area contributed by atoms with E-state index in [4.69, 9.17) is 14.6 Å². The van der Waals surface area contributed by atoms with Crippen LogP contribution < -0.4 is 4.74 Å². The van der Waals surface area contributed by atoms with Crippen LogP contribution in [0.4, 0.5) is 0 Å². The smallest absolute Gasteiger partial charge is 0.340 e. The number of aliphatic hydroxyl groups excluding tert-OH is 1. The van der Waals surface area contributed by atoms with Gasteiger partial charge in [-0.15, -0.1) is 0 Å². The quantitative estimate of drug-likeness (QED) is 0.233. The predicted octanol–water partition coefficient (Wildman–Crippen LogP) is 3.69. The van der Waals surface area contributed by atoms with Crippen LogP contribution in [0.2, 0.25) is 0 Å². The van der Waals surface area contributed by atoms with Crippen LogP contribution in [0.15, 0.2) is 36.4 Å². The minimum atomic E-state index is -1.95. The monoisotopic (exact) mass is 416 g/mol. The van der Waals surface area contributed by atoms with E-state index in [1.54, 1.807) is 0 Å². The van der Waals surface area contributed by atoms with Gasteiger partial charge in [-0.05, 0) is 69.4 Å². The van der Waals surface area contributed by atoms with Gasteiger partial charge >= 0.3 is 5.97 Å². The molecule has 0 bridgehead atoms. The summed E-state index contributed by atoms with van der Waals surface area (Å²) in [5.41, 5.74) is 2.47. The third-order valence-corrected chi connectivity index (χ3v) is 6.30. The van der Waals surface area contributed by atoms with Crippen molar-refractivity contribution in [3.8, 4) is 5.75 Å². The molecule has 1 saturated carbocycles. The maximum Gasteiger partial charge on any atom is 0.340 e. The Kier molecular flexibility index (Phi) is 7.67. The van der Waals surface area contributed by atoms with Crippen molar-refractivity contribution < 1.29 is 29.3 Å². The van der Waals surface area contributed by atoms with E-state index in [9.17, 15) is 14.7 Å². The van der Waals surface area contributed by atoms with Crippen LogP contribution in [-0.2, 0) is 14.3 Å². The maximum absolute atomic E-state index is 11.7. The Morgan fingerprint density at radius 2 is 1.97 bits per heavy atom. The van der Waals surface area contributed by atoms with Crippen molar-refractivity contribution in [1.82, 2.24) is 0 Å². The van der Waals surface area contributed by atoms with Gasteiger partial charge in [-0.3, -0.25) is 4.79 Å². The number of ketones is 1. The van der Waals surface area contributed by atoms with Crippen molar-refractivity contribution in [2.45, 2.75) is 70.2 Å². The van der Waals surface area contributed by atoms with Crippen LogP contribution in [0, 0.1) is 18.8 Å². The Hall–Kier alpha value is -2.18. The number of carbonyl (C=O) groups excluding carboxylic acids is 1. The summed E-state index contributed by atoms with van der Waals surface area (Å²) in [7, 11) is 0. The van der Waals surface area contributed by atoms with Crippen molar-refractivity contribution in [2.24, 2.45) is 11.8 Å². The number of benzene rings is 1. The number of hydrogen-bond donors (Lipinski definition) is 2. The zero-order chi connectivity index (χ0) is 21.7. The highest BCUT2D eigenvalue weighted by Gasteiger charge is 2.45. The lowest BCUT2D eigenvalue weighted by molar-refractivity contribution is -0.152. The second-order valence-corrected chi connectivity index (χ2v) is 8.58. The number of ether oxygens (including phenoxy) is 2. The molecule has 1 saturated heterocycles. The molecule has 0 radical (unpaired) electrons. The Bertz CT molecular complexity index is 755. The van der Waals surface area contributed by atoms with E-state index in [2.05, 4.69) is 13.5 Å². The summed E-state index contributed by atoms with van der Waals surface area (Å²) in [5.74, 6) is -0.329. The average Bonchev–Trinajstić information content (AvgIpc) is 3.36. The van der Waals surface area contributed by atoms with E-state index in [-0.39, 0.29) is 18.6 Å². The third-order valence-electron chi connectivity index (χ3n) is 6.30. The third kappa shape index (κ3) is 6.16. The molecule has 30 heavy (non-hydrogen) atoms. The van der Waals surface area contributed by atoms with Crippen LogP contribution in [0.1, 0.15) is 50.5 Å². The number of carboxylic acids is 1. The number of carboxylic acid groups (broad SMARTS) is 1. The molecule has 1 heterocycles. The Morgan fingerprint density at radius 3 is 2.67 bits per heavy atom. The molecule has 164 valence electrons. The highest BCUT2D eigenvalue weighted by Crippen LogP contribution is 2.45. The number of hydrogen-bond acceptors (Lipinski definition) is 5. The van der Waals surface area contributed by atoms with E-state index >= 15 is 0 Å². The van der Waals surface area contributed by atoms with Crippen LogP contribution in [0.25, 0.3) is 0 Å². The van der Waals surface area contributed by atoms with Crippen LogP contribution >= 0.6 is 0 Å². The number of rotatable bonds is 12. The van der Waals surface area contributed by atoms with Gasteiger partial charge < -0.3 is 19.7 Å². The van der Waals surface area contributed by atoms with Gasteiger partial charge in [-0.2, -0.15) is 0 Å². The number of epoxide rings is 1. The van der Waals surface area contributed by atoms with Gasteiger partial charge in [0.05, 0.1) is 18.8 Å². The topological polar surface area (TPSA) is 96.4 Å². The number of aryl methyl sites for hydroxylation is 1. The molecule has 2 aliphatic rings. The van der Waals surface area contributed by atoms with Gasteiger partial charge in [0, 0.05) is 6.42 Å². The summed E-state index contributed by atoms with van der Waals surface area (Å²) < 4.78 is 11.4. The number of aliphatic carboxylic acids is 1. The fourth-order valence-electron chi connectivity index (χ4n) is 4.39. The first-order chi connectivity index (χ1) is 14.3. The lowest BCUT2D eigenvalue weighted by Crippen LogP contribution is -2.30. The molecule has 5 atom stereocenters. The van der Waals surface area contributed by atoms with Gasteiger partial charge in [-0.25, -0.2) is 4.79 Å². The minimum Gasteiger partial charge on any atom is -0.494 e. The van der Waals surface area contributed by atoms with Gasteiger partial charge in [0.15, 0.2) is 5.78 Å². The molecule has 6 heteroatoms. The molecule has 2 fully saturated rings. The Labute approximate surface area is 177 Å². The second-order valence-electron chi connectivity index (χ2n) is 8.58. The molecule has 3 rings (SSSR count). The zero-order valence-electron chi connectivity index (χ0n) is 17.6. The van der Waals surface area contributed by atoms with Gasteiger partial charge in [0.25, 0.3) is 0 Å². The Balaban J connectivity index is 1.36. The zero-order valence-corrected chi connectivity index (χ0v) is 17.6. The van der Waals surface area contributed by atoms with E-state index in [1.807, 2.05) is 24.3 Å². The molecule has 1 aliphatic heterocycles. The largest absolute Gasteiger partial charge is 0.494 e. The maximum atomic E-state index is 11.7. The SMILES string of the molecule is C=C1CC[C@H](CCCCOc2ccc(C)cc2)[C@H]1C[C@H]1OC1CC(=O)C(O)C(=O)O. The average molecular weight is 417 g/mol. The van der Waals surface area contributed by atoms with Gasteiger partial charge in [-0.1, -0.05) is 29.8 Å². The predicted molar refractivity (Wildman–Crippen MR) is 112 cm³/mol. The molecule has 6 nitrogen and oxygen atoms in total. The number of aliphatic hydroxyl groups is 1. The normalized spacial score (nSPS) is 26.4. The van der Waals surface area contributed by atoms with E-state index in [0.717, 1.165) is 44.3 Å². The molecule has 1 aromatic rings. The molecule has 0 amide bonds. The van der Waals surface area contributed by atoms with E-state index in [1.165, 1.54) is 11.1 Å². The lowest BCUT2D eigenvalue weighted by atomic mass is 9.85. The molecular formula is C24H32O6. The number of unbranched alkanes of at least 4 members (excludes halogenated alkanes) is 1. The fraction of sp³-hybridized carbons (Fsp3) is 0.583. The van der Waals surface area contributed by atoms with Crippen LogP contribution in [0.3, 0.4) is 0 Å². The standard InChI is InChI=1S/C24H32O6/c1-15-6-10-18(11-7-15)29-12-4-3-5-17-9-8-16(2)19(17)13-21-22(30-21)14-20(25)23(26)24(27)28/h6-7,10-11,17,19,21-23,26H,2-5,8-9,12-14H2,1H3,(H,27,28)/t17-,19-,21+,22?,23?/m0/s1. The summed E-state index contributed by atoms with van der Waals surface area (Å²) in [6.07, 6.45) is 3.90. The fourth-order valence-corrected chi connectivity index (χ4v) is 4.39. The molecule has 0 aromatic heterocycles. The van der Waals surface area contributed by atoms with Crippen molar-refractivity contribution in [3.63, 3.8) is 0 Å². The van der Waals surface area contributed by atoms with E-state index in [0.29, 0.717) is 18.4 Å². The van der Waals surface area contributed by atoms with E-state index < -0.39 is 17.9 Å². The number of allylic oxidation sites excluding steroid dienone is 1. The highest BCUT2D eigenvalue weighted by molar-refractivity contribution is 6.01. The van der Waals surface area contributed by atoms with Crippen molar-refractivity contribution in [3.05, 3.63) is 42.0 Å². The first kappa shape index (κ1) is 22.5. The number of Topliss-reactive ketones (excluding diaryl/α,β-unsaturated/α-hetero) is 1. The van der Waals surface area contributed by atoms with Crippen molar-refractivity contribution >= 4 is 11.8 Å². The number of carbonyl (C=O) groups is 2. The van der Waals surface area contributed by atoms with Gasteiger partial charge in [0.2, 0.25) is 6.10 Å². The molecule has 1 aromatic carbocycles. The Morgan fingerprint density at radius 1 is 1.23 bits per heavy atom. The summed E-state index contributed by atoms with van der Waals surface area (Å²) in [6, 6.07) is 8.09. The highest BCUT2D eigenvalue weighted by atomic mass is 16.6. The second kappa shape index (κ2) is 10.2. The summed E-state index contributed by atoms with van der Waals surface area (Å²) >= 11 is 0.